The third-order valence-corrected chi connectivity index (χ3v) is 3.86. The summed E-state index contributed by atoms with van der Waals surface area (Å²) in [5.74, 6) is -1.90. The van der Waals surface area contributed by atoms with Crippen LogP contribution in [-0.4, -0.2) is 31.2 Å². The fourth-order valence-corrected chi connectivity index (χ4v) is 2.57. The molecule has 1 saturated heterocycles. The van der Waals surface area contributed by atoms with E-state index in [1.54, 1.807) is 0 Å². The van der Waals surface area contributed by atoms with Gasteiger partial charge in [0.05, 0.1) is 17.1 Å². The first-order valence-electron chi connectivity index (χ1n) is 5.55. The van der Waals surface area contributed by atoms with Crippen LogP contribution in [0.2, 0.25) is 0 Å². The number of hydrogen-bond acceptors (Lipinski definition) is 4. The number of nitrogens with zero attached hydrogens (tertiary/aromatic N) is 2. The Balaban J connectivity index is 2.42. The van der Waals surface area contributed by atoms with Crippen LogP contribution in [0.4, 0.5) is 20.2 Å². The van der Waals surface area contributed by atoms with Gasteiger partial charge >= 0.3 is 0 Å². The van der Waals surface area contributed by atoms with Crippen LogP contribution in [0.3, 0.4) is 0 Å². The Bertz CT molecular complexity index is 527. The molecule has 0 aromatic heterocycles. The molecule has 1 fully saturated rings. The highest BCUT2D eigenvalue weighted by Gasteiger charge is 2.31. The number of methoxy groups -OCH3 is 1. The maximum Gasteiger partial charge on any atom is 0.289 e. The molecule has 2 rings (SSSR count). The van der Waals surface area contributed by atoms with Gasteiger partial charge in [-0.1, -0.05) is 0 Å². The molecule has 1 aliphatic rings. The number of ether oxygens (including phenoxy) is 1. The summed E-state index contributed by atoms with van der Waals surface area (Å²) < 4.78 is 32.8. The van der Waals surface area contributed by atoms with Gasteiger partial charge in [0.2, 0.25) is 0 Å². The number of hydrogen-bond donors (Lipinski definition) is 0. The Morgan fingerprint density at radius 3 is 2.79 bits per heavy atom. The minimum atomic E-state index is -0.955. The van der Waals surface area contributed by atoms with Crippen LogP contribution >= 0.6 is 15.9 Å². The van der Waals surface area contributed by atoms with Crippen molar-refractivity contribution < 1.29 is 18.4 Å². The summed E-state index contributed by atoms with van der Waals surface area (Å²) in [7, 11) is 1.53. The Kier molecular flexibility index (Phi) is 4.00. The molecule has 0 radical (unpaired) electrons. The van der Waals surface area contributed by atoms with Crippen molar-refractivity contribution in [3.8, 4) is 0 Å². The van der Waals surface area contributed by atoms with Crippen molar-refractivity contribution in [1.82, 2.24) is 0 Å². The van der Waals surface area contributed by atoms with Crippen LogP contribution in [0.5, 0.6) is 0 Å². The van der Waals surface area contributed by atoms with Gasteiger partial charge in [0.15, 0.2) is 11.6 Å². The topological polar surface area (TPSA) is 55.6 Å². The van der Waals surface area contributed by atoms with Gasteiger partial charge in [0.1, 0.15) is 10.2 Å². The highest BCUT2D eigenvalue weighted by atomic mass is 79.9. The minimum absolute atomic E-state index is 0.0900. The second-order valence-electron chi connectivity index (χ2n) is 4.20. The summed E-state index contributed by atoms with van der Waals surface area (Å²) >= 11 is 2.80. The van der Waals surface area contributed by atoms with E-state index in [2.05, 4.69) is 15.9 Å². The number of rotatable bonds is 3. The zero-order valence-electron chi connectivity index (χ0n) is 10.0. The second kappa shape index (κ2) is 5.38. The van der Waals surface area contributed by atoms with Crippen LogP contribution < -0.4 is 4.90 Å². The van der Waals surface area contributed by atoms with Crippen molar-refractivity contribution in [3.05, 3.63) is 32.3 Å². The minimum Gasteiger partial charge on any atom is -0.380 e. The summed E-state index contributed by atoms with van der Waals surface area (Å²) in [5.41, 5.74) is -0.877. The van der Waals surface area contributed by atoms with Crippen molar-refractivity contribution >= 4 is 27.3 Å². The molecular formula is C11H11BrF2N2O3. The molecule has 1 aliphatic heterocycles. The fraction of sp³-hybridized carbons (Fsp3) is 0.455. The van der Waals surface area contributed by atoms with Crippen LogP contribution in [0, 0.1) is 21.7 Å². The van der Waals surface area contributed by atoms with Gasteiger partial charge in [0, 0.05) is 20.2 Å². The van der Waals surface area contributed by atoms with Crippen molar-refractivity contribution in [1.29, 1.82) is 0 Å². The zero-order chi connectivity index (χ0) is 14.2. The highest BCUT2D eigenvalue weighted by molar-refractivity contribution is 9.10. The smallest absolute Gasteiger partial charge is 0.289 e. The van der Waals surface area contributed by atoms with Crippen molar-refractivity contribution in [2.24, 2.45) is 0 Å². The molecule has 0 saturated carbocycles. The van der Waals surface area contributed by atoms with Crippen molar-refractivity contribution in [2.75, 3.05) is 25.1 Å². The van der Waals surface area contributed by atoms with E-state index in [9.17, 15) is 18.9 Å². The molecule has 0 amide bonds. The van der Waals surface area contributed by atoms with Gasteiger partial charge in [-0.2, -0.15) is 0 Å². The number of benzene rings is 1. The molecule has 19 heavy (non-hydrogen) atoms. The molecule has 1 heterocycles. The molecule has 5 nitrogen and oxygen atoms in total. The number of nitro benzene ring substituents is 1. The van der Waals surface area contributed by atoms with E-state index in [1.165, 1.54) is 12.0 Å². The van der Waals surface area contributed by atoms with Crippen molar-refractivity contribution in [3.63, 3.8) is 0 Å². The lowest BCUT2D eigenvalue weighted by Crippen LogP contribution is -2.24. The molecule has 0 spiro atoms. The summed E-state index contributed by atoms with van der Waals surface area (Å²) in [6.07, 6.45) is 0.567. The van der Waals surface area contributed by atoms with Crippen molar-refractivity contribution in [2.45, 2.75) is 12.5 Å². The predicted molar refractivity (Wildman–Crippen MR) is 68.3 cm³/mol. The van der Waals surface area contributed by atoms with E-state index in [0.717, 1.165) is 6.07 Å². The zero-order valence-corrected chi connectivity index (χ0v) is 11.6. The Labute approximate surface area is 116 Å². The monoisotopic (exact) mass is 336 g/mol. The quantitative estimate of drug-likeness (QED) is 0.484. The first kappa shape index (κ1) is 14.1. The summed E-state index contributed by atoms with van der Waals surface area (Å²) in [4.78, 5) is 11.3. The number of halogens is 3. The second-order valence-corrected chi connectivity index (χ2v) is 5.00. The predicted octanol–water partition coefficient (Wildman–Crippen LogP) is 2.86. The van der Waals surface area contributed by atoms with E-state index >= 15 is 0 Å². The third kappa shape index (κ3) is 2.55. The molecule has 0 bridgehead atoms. The van der Waals surface area contributed by atoms with Gasteiger partial charge < -0.3 is 9.64 Å². The molecule has 1 atom stereocenters. The molecule has 1 aromatic carbocycles. The van der Waals surface area contributed by atoms with Crippen LogP contribution in [-0.2, 0) is 4.74 Å². The highest BCUT2D eigenvalue weighted by Crippen LogP contribution is 2.37. The lowest BCUT2D eigenvalue weighted by molar-refractivity contribution is -0.386. The SMILES string of the molecule is COC1CCN(c2c(F)cc([N+](=O)[O-])c(Br)c2F)C1. The van der Waals surface area contributed by atoms with E-state index in [4.69, 9.17) is 4.74 Å². The van der Waals surface area contributed by atoms with Gasteiger partial charge in [-0.3, -0.25) is 10.1 Å². The molecule has 0 aliphatic carbocycles. The Morgan fingerprint density at radius 2 is 2.26 bits per heavy atom. The first-order chi connectivity index (χ1) is 8.95. The van der Waals surface area contributed by atoms with Gasteiger partial charge in [-0.15, -0.1) is 0 Å². The molecular weight excluding hydrogens is 326 g/mol. The van der Waals surface area contributed by atoms with E-state index in [0.29, 0.717) is 19.5 Å². The van der Waals surface area contributed by atoms with Gasteiger partial charge in [-0.25, -0.2) is 8.78 Å². The van der Waals surface area contributed by atoms with Gasteiger partial charge in [0.25, 0.3) is 5.69 Å². The maximum atomic E-state index is 14.1. The fourth-order valence-electron chi connectivity index (χ4n) is 2.12. The first-order valence-corrected chi connectivity index (χ1v) is 6.34. The summed E-state index contributed by atoms with van der Waals surface area (Å²) in [6, 6.07) is 0.725. The summed E-state index contributed by atoms with van der Waals surface area (Å²) in [6.45, 7) is 0.797. The maximum absolute atomic E-state index is 14.1. The van der Waals surface area contributed by atoms with E-state index in [-0.39, 0.29) is 16.3 Å². The summed E-state index contributed by atoms with van der Waals surface area (Å²) in [5, 5.41) is 10.7. The molecule has 8 heteroatoms. The molecule has 1 unspecified atom stereocenters. The average molecular weight is 337 g/mol. The average Bonchev–Trinajstić information content (AvgIpc) is 2.82. The lowest BCUT2D eigenvalue weighted by atomic mass is 10.2. The molecule has 0 N–H and O–H groups in total. The normalized spacial score (nSPS) is 18.9. The van der Waals surface area contributed by atoms with Crippen LogP contribution in [0.25, 0.3) is 0 Å². The standard InChI is InChI=1S/C11H11BrF2N2O3/c1-19-6-2-3-15(5-6)11-7(13)4-8(16(17)18)9(12)10(11)14/h4,6H,2-3,5H2,1H3. The third-order valence-electron chi connectivity index (χ3n) is 3.11. The van der Waals surface area contributed by atoms with E-state index in [1.807, 2.05) is 0 Å². The lowest BCUT2D eigenvalue weighted by Gasteiger charge is -2.20. The number of anilines is 1. The van der Waals surface area contributed by atoms with Crippen LogP contribution in [0.1, 0.15) is 6.42 Å². The largest absolute Gasteiger partial charge is 0.380 e. The Morgan fingerprint density at radius 1 is 1.58 bits per heavy atom. The van der Waals surface area contributed by atoms with E-state index < -0.39 is 22.2 Å². The molecule has 104 valence electrons. The van der Waals surface area contributed by atoms with Gasteiger partial charge in [-0.05, 0) is 22.4 Å². The molecule has 1 aromatic rings. The number of nitro groups is 1. The Hall–Kier alpha value is -1.28. The van der Waals surface area contributed by atoms with Crippen LogP contribution in [0.15, 0.2) is 10.5 Å².